The van der Waals surface area contributed by atoms with Gasteiger partial charge in [-0.2, -0.15) is 0 Å². The first kappa shape index (κ1) is 22.5. The molecule has 1 N–H and O–H groups in total. The smallest absolute Gasteiger partial charge is 0.100 e. The van der Waals surface area contributed by atoms with Gasteiger partial charge in [0, 0.05) is 34.0 Å². The molecule has 0 saturated heterocycles. The lowest BCUT2D eigenvalue weighted by atomic mass is 9.88. The summed E-state index contributed by atoms with van der Waals surface area (Å²) in [6.07, 6.45) is 0. The van der Waals surface area contributed by atoms with E-state index in [0.717, 1.165) is 33.0 Å². The van der Waals surface area contributed by atoms with Crippen LogP contribution in [0, 0.1) is 10.8 Å². The summed E-state index contributed by atoms with van der Waals surface area (Å²) in [5, 5.41) is 5.99. The molecular weight excluding hydrogens is 418 g/mol. The lowest BCUT2D eigenvalue weighted by molar-refractivity contribution is 0.349. The average Bonchev–Trinajstić information content (AvgIpc) is 3.38. The molecule has 0 spiro atoms. The minimum atomic E-state index is 0.186. The largest absolute Gasteiger partial charge is 0.354 e. The molecule has 2 atom stereocenters. The Labute approximate surface area is 195 Å². The van der Waals surface area contributed by atoms with Crippen LogP contribution in [0.25, 0.3) is 0 Å². The minimum absolute atomic E-state index is 0.186. The highest BCUT2D eigenvalue weighted by Gasteiger charge is 2.32. The van der Waals surface area contributed by atoms with Gasteiger partial charge in [0.2, 0.25) is 0 Å². The van der Waals surface area contributed by atoms with E-state index in [-0.39, 0.29) is 10.8 Å². The summed E-state index contributed by atoms with van der Waals surface area (Å²) >= 11 is 3.74. The van der Waals surface area contributed by atoms with Crippen LogP contribution in [0.3, 0.4) is 0 Å². The van der Waals surface area contributed by atoms with Gasteiger partial charge in [-0.1, -0.05) is 77.9 Å². The standard InChI is InChI=1S/C26H33N3S2/c1-25(2,3)21-15-30-23(28-21)17-11-7-9-13-19(17)27-20-14-10-8-12-18(20)24-29-22(16-31-24)26(4,5)6/h7-14,21-22,27H,15-16H2,1-6H3/t21-,22-/m1/s1. The predicted molar refractivity (Wildman–Crippen MR) is 141 cm³/mol. The molecule has 2 heterocycles. The summed E-state index contributed by atoms with van der Waals surface area (Å²) < 4.78 is 0. The first-order valence-corrected chi connectivity index (χ1v) is 13.0. The van der Waals surface area contributed by atoms with Crippen molar-refractivity contribution in [1.82, 2.24) is 0 Å². The van der Waals surface area contributed by atoms with Crippen LogP contribution >= 0.6 is 23.5 Å². The molecular formula is C26H33N3S2. The summed E-state index contributed by atoms with van der Waals surface area (Å²) in [5.74, 6) is 2.09. The number of nitrogens with zero attached hydrogens (tertiary/aromatic N) is 2. The van der Waals surface area contributed by atoms with E-state index in [4.69, 9.17) is 9.98 Å². The number of para-hydroxylation sites is 2. The zero-order chi connectivity index (χ0) is 22.2. The number of aliphatic imine (C=N–C) groups is 2. The van der Waals surface area contributed by atoms with Crippen LogP contribution in [0.2, 0.25) is 0 Å². The van der Waals surface area contributed by atoms with E-state index < -0.39 is 0 Å². The van der Waals surface area contributed by atoms with Crippen molar-refractivity contribution in [3.8, 4) is 0 Å². The van der Waals surface area contributed by atoms with Crippen LogP contribution in [-0.2, 0) is 0 Å². The molecule has 3 nitrogen and oxygen atoms in total. The summed E-state index contributed by atoms with van der Waals surface area (Å²) in [6, 6.07) is 17.8. The zero-order valence-corrected chi connectivity index (χ0v) is 21.0. The topological polar surface area (TPSA) is 36.8 Å². The van der Waals surface area contributed by atoms with E-state index in [9.17, 15) is 0 Å². The van der Waals surface area contributed by atoms with E-state index in [0.29, 0.717) is 12.1 Å². The van der Waals surface area contributed by atoms with Crippen molar-refractivity contribution in [3.63, 3.8) is 0 Å². The van der Waals surface area contributed by atoms with E-state index in [1.54, 1.807) is 0 Å². The van der Waals surface area contributed by atoms with E-state index in [2.05, 4.69) is 95.4 Å². The van der Waals surface area contributed by atoms with Gasteiger partial charge in [0.05, 0.1) is 12.1 Å². The van der Waals surface area contributed by atoms with Crippen LogP contribution in [0.1, 0.15) is 52.7 Å². The molecule has 2 aliphatic heterocycles. The predicted octanol–water partition coefficient (Wildman–Crippen LogP) is 7.25. The molecule has 0 unspecified atom stereocenters. The third kappa shape index (κ3) is 5.04. The van der Waals surface area contributed by atoms with Gasteiger partial charge in [-0.25, -0.2) is 0 Å². The third-order valence-corrected chi connectivity index (χ3v) is 8.05. The van der Waals surface area contributed by atoms with Crippen molar-refractivity contribution in [3.05, 3.63) is 59.7 Å². The quantitative estimate of drug-likeness (QED) is 0.532. The monoisotopic (exact) mass is 451 g/mol. The number of thioether (sulfide) groups is 2. The average molecular weight is 452 g/mol. The van der Waals surface area contributed by atoms with Crippen molar-refractivity contribution in [1.29, 1.82) is 0 Å². The molecule has 164 valence electrons. The van der Waals surface area contributed by atoms with Crippen LogP contribution in [0.15, 0.2) is 58.5 Å². The molecule has 2 aromatic carbocycles. The molecule has 0 radical (unpaired) electrons. The second-order valence-corrected chi connectivity index (χ2v) is 12.5. The molecule has 31 heavy (non-hydrogen) atoms. The van der Waals surface area contributed by atoms with Crippen molar-refractivity contribution in [2.24, 2.45) is 20.8 Å². The maximum atomic E-state index is 5.08. The van der Waals surface area contributed by atoms with Gasteiger partial charge >= 0.3 is 0 Å². The van der Waals surface area contributed by atoms with Crippen LogP contribution in [0.5, 0.6) is 0 Å². The molecule has 0 amide bonds. The maximum Gasteiger partial charge on any atom is 0.100 e. The first-order chi connectivity index (χ1) is 14.6. The number of rotatable bonds is 4. The normalized spacial score (nSPS) is 21.7. The molecule has 0 saturated carbocycles. The van der Waals surface area contributed by atoms with Gasteiger partial charge < -0.3 is 5.32 Å². The van der Waals surface area contributed by atoms with Gasteiger partial charge in [-0.05, 0) is 23.0 Å². The summed E-state index contributed by atoms with van der Waals surface area (Å²) in [7, 11) is 0. The van der Waals surface area contributed by atoms with Crippen molar-refractivity contribution < 1.29 is 0 Å². The summed E-state index contributed by atoms with van der Waals surface area (Å²) in [4.78, 5) is 10.2. The summed E-state index contributed by atoms with van der Waals surface area (Å²) in [5.41, 5.74) is 4.94. The van der Waals surface area contributed by atoms with Gasteiger partial charge in [0.25, 0.3) is 0 Å². The van der Waals surface area contributed by atoms with Crippen molar-refractivity contribution >= 4 is 45.0 Å². The fourth-order valence-corrected chi connectivity index (χ4v) is 6.48. The molecule has 0 bridgehead atoms. The molecule has 0 fully saturated rings. The third-order valence-electron chi connectivity index (χ3n) is 5.89. The number of hydrogen-bond donors (Lipinski definition) is 1. The molecule has 2 aliphatic rings. The molecule has 0 aromatic heterocycles. The lowest BCUT2D eigenvalue weighted by Crippen LogP contribution is -2.24. The van der Waals surface area contributed by atoms with Gasteiger partial charge in [0.1, 0.15) is 10.1 Å². The fraction of sp³-hybridized carbons (Fsp3) is 0.462. The lowest BCUT2D eigenvalue weighted by Gasteiger charge is -2.23. The zero-order valence-electron chi connectivity index (χ0n) is 19.4. The van der Waals surface area contributed by atoms with Crippen LogP contribution in [0.4, 0.5) is 11.4 Å². The SMILES string of the molecule is CC(C)(C)[C@H]1CSC(c2ccccc2Nc2ccccc2C2=N[C@@H](C(C)(C)C)CS2)=N1. The second-order valence-electron chi connectivity index (χ2n) is 10.5. The van der Waals surface area contributed by atoms with Crippen molar-refractivity contribution in [2.45, 2.75) is 53.6 Å². The number of anilines is 2. The Morgan fingerprint density at radius 2 is 1.06 bits per heavy atom. The van der Waals surface area contributed by atoms with Crippen LogP contribution < -0.4 is 5.32 Å². The Morgan fingerprint density at radius 3 is 1.42 bits per heavy atom. The Balaban J connectivity index is 1.64. The molecule has 4 rings (SSSR count). The highest BCUT2D eigenvalue weighted by molar-refractivity contribution is 8.15. The highest BCUT2D eigenvalue weighted by atomic mass is 32.2. The maximum absolute atomic E-state index is 5.08. The first-order valence-electron chi connectivity index (χ1n) is 11.0. The summed E-state index contributed by atoms with van der Waals surface area (Å²) in [6.45, 7) is 13.6. The Morgan fingerprint density at radius 1 is 0.677 bits per heavy atom. The van der Waals surface area contributed by atoms with E-state index in [1.807, 2.05) is 23.5 Å². The molecule has 5 heteroatoms. The molecule has 2 aromatic rings. The van der Waals surface area contributed by atoms with Crippen LogP contribution in [-0.4, -0.2) is 33.7 Å². The number of nitrogens with one attached hydrogen (secondary N) is 1. The number of benzene rings is 2. The van der Waals surface area contributed by atoms with Gasteiger partial charge in [-0.3, -0.25) is 9.98 Å². The second kappa shape index (κ2) is 8.67. The Bertz CT molecular complexity index is 930. The Kier molecular flexibility index (Phi) is 6.28. The Hall–Kier alpha value is -1.72. The minimum Gasteiger partial charge on any atom is -0.354 e. The molecule has 0 aliphatic carbocycles. The van der Waals surface area contributed by atoms with E-state index >= 15 is 0 Å². The highest BCUT2D eigenvalue weighted by Crippen LogP contribution is 2.38. The van der Waals surface area contributed by atoms with Crippen molar-refractivity contribution in [2.75, 3.05) is 16.8 Å². The fourth-order valence-electron chi connectivity index (χ4n) is 3.63. The van der Waals surface area contributed by atoms with Gasteiger partial charge in [0.15, 0.2) is 0 Å². The van der Waals surface area contributed by atoms with E-state index in [1.165, 1.54) is 11.1 Å². The van der Waals surface area contributed by atoms with Gasteiger partial charge in [-0.15, -0.1) is 23.5 Å². The number of hydrogen-bond acceptors (Lipinski definition) is 5.